The summed E-state index contributed by atoms with van der Waals surface area (Å²) in [6, 6.07) is 17.9. The Hall–Kier alpha value is -3.21. The quantitative estimate of drug-likeness (QED) is 0.633. The van der Waals surface area contributed by atoms with E-state index in [1.54, 1.807) is 6.08 Å². The number of hydrogen-bond acceptors (Lipinski definition) is 4. The molecule has 1 aromatic heterocycles. The number of hydrogen-bond donors (Lipinski definition) is 0. The number of likely N-dealkylation sites (tertiary alicyclic amines) is 1. The number of piperidine rings is 1. The fourth-order valence-electron chi connectivity index (χ4n) is 3.52. The fraction of sp³-hybridized carbons (Fsp3) is 0.261. The minimum atomic E-state index is 0.0203. The van der Waals surface area contributed by atoms with Crippen LogP contribution in [0.2, 0.25) is 0 Å². The number of benzene rings is 2. The summed E-state index contributed by atoms with van der Waals surface area (Å²) in [6.07, 6.45) is 5.37. The van der Waals surface area contributed by atoms with Crippen molar-refractivity contribution in [3.8, 4) is 11.4 Å². The summed E-state index contributed by atoms with van der Waals surface area (Å²) in [7, 11) is 0. The SMILES string of the molecule is Cc1cccc(-c2noc(C3CCCN(C(=O)C=Cc4ccccc4)C3)n2)c1. The van der Waals surface area contributed by atoms with Crippen LogP contribution in [0.1, 0.15) is 35.8 Å². The third-order valence-electron chi connectivity index (χ3n) is 5.02. The minimum Gasteiger partial charge on any atom is -0.339 e. The van der Waals surface area contributed by atoms with Gasteiger partial charge >= 0.3 is 0 Å². The second-order valence-corrected chi connectivity index (χ2v) is 7.19. The molecule has 1 atom stereocenters. The predicted octanol–water partition coefficient (Wildman–Crippen LogP) is 4.46. The molecule has 0 N–H and O–H groups in total. The van der Waals surface area contributed by atoms with Crippen molar-refractivity contribution in [1.82, 2.24) is 15.0 Å². The molecule has 0 aliphatic carbocycles. The van der Waals surface area contributed by atoms with Crippen LogP contribution in [0.5, 0.6) is 0 Å². The van der Waals surface area contributed by atoms with Crippen molar-refractivity contribution < 1.29 is 9.32 Å². The van der Waals surface area contributed by atoms with Gasteiger partial charge in [-0.2, -0.15) is 4.98 Å². The van der Waals surface area contributed by atoms with E-state index in [-0.39, 0.29) is 11.8 Å². The molecule has 1 aliphatic rings. The van der Waals surface area contributed by atoms with E-state index in [9.17, 15) is 4.79 Å². The zero-order valence-corrected chi connectivity index (χ0v) is 15.9. The Balaban J connectivity index is 1.44. The van der Waals surface area contributed by atoms with Gasteiger partial charge in [0.2, 0.25) is 17.6 Å². The largest absolute Gasteiger partial charge is 0.339 e. The first-order valence-corrected chi connectivity index (χ1v) is 9.62. The van der Waals surface area contributed by atoms with E-state index in [2.05, 4.69) is 10.1 Å². The normalized spacial score (nSPS) is 17.2. The molecule has 3 aromatic rings. The maximum Gasteiger partial charge on any atom is 0.246 e. The second kappa shape index (κ2) is 8.21. The van der Waals surface area contributed by atoms with Gasteiger partial charge in [0.25, 0.3) is 0 Å². The first-order valence-electron chi connectivity index (χ1n) is 9.62. The molecule has 0 bridgehead atoms. The van der Waals surface area contributed by atoms with E-state index in [0.717, 1.165) is 36.1 Å². The summed E-state index contributed by atoms with van der Waals surface area (Å²) >= 11 is 0. The van der Waals surface area contributed by atoms with E-state index in [0.29, 0.717) is 18.3 Å². The molecule has 1 amide bonds. The average Bonchev–Trinajstić information content (AvgIpc) is 3.23. The van der Waals surface area contributed by atoms with Crippen molar-refractivity contribution in [2.75, 3.05) is 13.1 Å². The highest BCUT2D eigenvalue weighted by atomic mass is 16.5. The molecule has 142 valence electrons. The van der Waals surface area contributed by atoms with Crippen LogP contribution in [-0.2, 0) is 4.79 Å². The Morgan fingerprint density at radius 2 is 2.04 bits per heavy atom. The summed E-state index contributed by atoms with van der Waals surface area (Å²) in [5.41, 5.74) is 3.12. The van der Waals surface area contributed by atoms with Crippen molar-refractivity contribution in [3.63, 3.8) is 0 Å². The molecule has 0 saturated carbocycles. The van der Waals surface area contributed by atoms with Crippen LogP contribution >= 0.6 is 0 Å². The molecule has 1 saturated heterocycles. The van der Waals surface area contributed by atoms with Crippen LogP contribution < -0.4 is 0 Å². The molecule has 28 heavy (non-hydrogen) atoms. The zero-order chi connectivity index (χ0) is 19.3. The molecule has 1 aliphatic heterocycles. The van der Waals surface area contributed by atoms with Gasteiger partial charge in [-0.05, 0) is 37.5 Å². The van der Waals surface area contributed by atoms with Crippen LogP contribution in [0, 0.1) is 6.92 Å². The van der Waals surface area contributed by atoms with Crippen LogP contribution in [0.15, 0.2) is 65.2 Å². The van der Waals surface area contributed by atoms with Gasteiger partial charge in [-0.15, -0.1) is 0 Å². The summed E-state index contributed by atoms with van der Waals surface area (Å²) < 4.78 is 5.54. The Labute approximate surface area is 164 Å². The highest BCUT2D eigenvalue weighted by Crippen LogP contribution is 2.28. The van der Waals surface area contributed by atoms with E-state index in [1.165, 1.54) is 0 Å². The van der Waals surface area contributed by atoms with Crippen LogP contribution in [0.4, 0.5) is 0 Å². The molecule has 0 spiro atoms. The molecule has 2 aromatic carbocycles. The lowest BCUT2D eigenvalue weighted by Gasteiger charge is -2.30. The summed E-state index contributed by atoms with van der Waals surface area (Å²) in [6.45, 7) is 3.40. The number of aryl methyl sites for hydroxylation is 1. The molecular weight excluding hydrogens is 350 g/mol. The second-order valence-electron chi connectivity index (χ2n) is 7.19. The standard InChI is InChI=1S/C23H23N3O2/c1-17-7-5-10-19(15-17)22-24-23(28-25-22)20-11-6-14-26(16-20)21(27)13-12-18-8-3-2-4-9-18/h2-5,7-10,12-13,15,20H,6,11,14,16H2,1H3. The number of carbonyl (C=O) groups is 1. The molecule has 1 fully saturated rings. The van der Waals surface area contributed by atoms with Gasteiger partial charge in [0.1, 0.15) is 0 Å². The molecule has 1 unspecified atom stereocenters. The van der Waals surface area contributed by atoms with E-state index in [4.69, 9.17) is 4.52 Å². The van der Waals surface area contributed by atoms with Crippen molar-refractivity contribution in [1.29, 1.82) is 0 Å². The Kier molecular flexibility index (Phi) is 5.33. The van der Waals surface area contributed by atoms with Gasteiger partial charge in [-0.25, -0.2) is 0 Å². The van der Waals surface area contributed by atoms with E-state index in [1.807, 2.05) is 72.5 Å². The maximum atomic E-state index is 12.6. The Morgan fingerprint density at radius 1 is 1.18 bits per heavy atom. The molecule has 4 rings (SSSR count). The van der Waals surface area contributed by atoms with Gasteiger partial charge < -0.3 is 9.42 Å². The zero-order valence-electron chi connectivity index (χ0n) is 15.9. The minimum absolute atomic E-state index is 0.0203. The van der Waals surface area contributed by atoms with Gasteiger partial charge in [0.15, 0.2) is 0 Å². The van der Waals surface area contributed by atoms with E-state index >= 15 is 0 Å². The number of rotatable bonds is 4. The van der Waals surface area contributed by atoms with Gasteiger partial charge in [-0.3, -0.25) is 4.79 Å². The smallest absolute Gasteiger partial charge is 0.246 e. The summed E-state index contributed by atoms with van der Waals surface area (Å²) in [5, 5.41) is 4.15. The maximum absolute atomic E-state index is 12.6. The fourth-order valence-corrected chi connectivity index (χ4v) is 3.52. The van der Waals surface area contributed by atoms with Crippen LogP contribution in [0.3, 0.4) is 0 Å². The van der Waals surface area contributed by atoms with Crippen molar-refractivity contribution >= 4 is 12.0 Å². The highest BCUT2D eigenvalue weighted by molar-refractivity contribution is 5.91. The number of nitrogens with zero attached hydrogens (tertiary/aromatic N) is 3. The first kappa shape index (κ1) is 18.2. The van der Waals surface area contributed by atoms with E-state index < -0.39 is 0 Å². The molecule has 0 radical (unpaired) electrons. The Bertz CT molecular complexity index is 978. The van der Waals surface area contributed by atoms with Crippen molar-refractivity contribution in [3.05, 3.63) is 77.7 Å². The van der Waals surface area contributed by atoms with Crippen LogP contribution in [0.25, 0.3) is 17.5 Å². The van der Waals surface area contributed by atoms with Crippen molar-refractivity contribution in [2.24, 2.45) is 0 Å². The van der Waals surface area contributed by atoms with Gasteiger partial charge in [0.05, 0.1) is 5.92 Å². The predicted molar refractivity (Wildman–Crippen MR) is 109 cm³/mol. The molecule has 5 nitrogen and oxygen atoms in total. The number of aromatic nitrogens is 2. The third kappa shape index (κ3) is 4.19. The lowest BCUT2D eigenvalue weighted by molar-refractivity contribution is -0.127. The average molecular weight is 373 g/mol. The molecular formula is C23H23N3O2. The lowest BCUT2D eigenvalue weighted by Crippen LogP contribution is -2.38. The number of amides is 1. The van der Waals surface area contributed by atoms with Gasteiger partial charge in [0, 0.05) is 24.7 Å². The monoisotopic (exact) mass is 373 g/mol. The summed E-state index contributed by atoms with van der Waals surface area (Å²) in [5.74, 6) is 1.31. The topological polar surface area (TPSA) is 59.2 Å². The molecule has 5 heteroatoms. The molecule has 2 heterocycles. The first-order chi connectivity index (χ1) is 13.7. The van der Waals surface area contributed by atoms with Crippen LogP contribution in [-0.4, -0.2) is 34.0 Å². The van der Waals surface area contributed by atoms with Gasteiger partial charge in [-0.1, -0.05) is 59.3 Å². The number of carbonyl (C=O) groups excluding carboxylic acids is 1. The third-order valence-corrected chi connectivity index (χ3v) is 5.02. The highest BCUT2D eigenvalue weighted by Gasteiger charge is 2.28. The van der Waals surface area contributed by atoms with Crippen molar-refractivity contribution in [2.45, 2.75) is 25.7 Å². The summed E-state index contributed by atoms with van der Waals surface area (Å²) in [4.78, 5) is 19.0. The Morgan fingerprint density at radius 3 is 2.86 bits per heavy atom. The lowest BCUT2D eigenvalue weighted by atomic mass is 9.98.